The lowest BCUT2D eigenvalue weighted by Crippen LogP contribution is -2.44. The predicted molar refractivity (Wildman–Crippen MR) is 141 cm³/mol. The van der Waals surface area contributed by atoms with Crippen LogP contribution in [0.2, 0.25) is 0 Å². The molecule has 0 bridgehead atoms. The van der Waals surface area contributed by atoms with E-state index < -0.39 is 23.9 Å². The maximum Gasteiger partial charge on any atom is 0.433 e. The molecule has 0 unspecified atom stereocenters. The van der Waals surface area contributed by atoms with Gasteiger partial charge in [0.1, 0.15) is 15.4 Å². The third-order valence-corrected chi connectivity index (χ3v) is 7.29. The number of thiophene rings is 1. The predicted octanol–water partition coefficient (Wildman–Crippen LogP) is 2.91. The molecule has 4 heterocycles. The molecule has 14 heteroatoms. The van der Waals surface area contributed by atoms with Crippen molar-refractivity contribution in [3.05, 3.63) is 58.7 Å². The molecule has 38 heavy (non-hydrogen) atoms. The van der Waals surface area contributed by atoms with Crippen molar-refractivity contribution in [2.24, 2.45) is 0 Å². The van der Waals surface area contributed by atoms with Crippen molar-refractivity contribution in [3.63, 3.8) is 0 Å². The van der Waals surface area contributed by atoms with Crippen molar-refractivity contribution in [1.82, 2.24) is 19.7 Å². The number of amides is 2. The Kier molecular flexibility index (Phi) is 6.57. The van der Waals surface area contributed by atoms with Crippen molar-refractivity contribution in [1.29, 1.82) is 0 Å². The number of carboxylic acids is 1. The number of rotatable bonds is 6. The number of carboxylic acid groups (broad SMARTS) is 2. The molecule has 1 aliphatic heterocycles. The Hall–Kier alpha value is -4.69. The van der Waals surface area contributed by atoms with Crippen LogP contribution in [0.15, 0.2) is 42.6 Å². The van der Waals surface area contributed by atoms with Crippen molar-refractivity contribution >= 4 is 62.6 Å². The topological polar surface area (TPSA) is 173 Å². The van der Waals surface area contributed by atoms with Crippen LogP contribution in [0.3, 0.4) is 0 Å². The number of carbonyl (C=O) groups excluding carboxylic acids is 2. The molecule has 5 N–H and O–H groups in total. The Morgan fingerprint density at radius 2 is 1.76 bits per heavy atom. The molecule has 0 atom stereocenters. The van der Waals surface area contributed by atoms with Crippen LogP contribution in [0.1, 0.15) is 30.5 Å². The number of fused-ring (bicyclic) bond motifs is 1. The van der Waals surface area contributed by atoms with E-state index >= 15 is 0 Å². The van der Waals surface area contributed by atoms with Gasteiger partial charge in [0.05, 0.1) is 16.6 Å². The van der Waals surface area contributed by atoms with E-state index in [1.54, 1.807) is 36.5 Å². The number of nitrogens with zero attached hydrogens (tertiary/aromatic N) is 4. The van der Waals surface area contributed by atoms with Gasteiger partial charge in [0.2, 0.25) is 0 Å². The number of nitrogens with one attached hydrogen (secondary N) is 3. The van der Waals surface area contributed by atoms with Crippen LogP contribution in [-0.4, -0.2) is 87.0 Å². The van der Waals surface area contributed by atoms with Crippen molar-refractivity contribution in [2.45, 2.75) is 0 Å². The summed E-state index contributed by atoms with van der Waals surface area (Å²) in [6, 6.07) is 9.62. The van der Waals surface area contributed by atoms with E-state index in [0.717, 1.165) is 43.2 Å². The van der Waals surface area contributed by atoms with Crippen LogP contribution >= 0.6 is 11.3 Å². The zero-order valence-corrected chi connectivity index (χ0v) is 20.9. The van der Waals surface area contributed by atoms with E-state index in [-0.39, 0.29) is 32.2 Å². The number of aromatic carboxylic acids is 1. The Labute approximate surface area is 219 Å². The maximum atomic E-state index is 13.4. The highest BCUT2D eigenvalue weighted by Crippen LogP contribution is 2.33. The monoisotopic (exact) mass is 537 g/mol. The number of piperazine rings is 1. The van der Waals surface area contributed by atoms with Crippen LogP contribution in [0, 0.1) is 0 Å². The van der Waals surface area contributed by atoms with E-state index in [9.17, 15) is 29.4 Å². The molecule has 13 nitrogen and oxygen atoms in total. The minimum atomic E-state index is -1.43. The average molecular weight is 538 g/mol. The fraction of sp³-hybridized carbons (Fsp3) is 0.208. The highest BCUT2D eigenvalue weighted by molar-refractivity contribution is 7.20. The minimum absolute atomic E-state index is 0.0656. The van der Waals surface area contributed by atoms with Gasteiger partial charge in [0.25, 0.3) is 11.8 Å². The number of hydrogen-bond acceptors (Lipinski definition) is 8. The van der Waals surface area contributed by atoms with E-state index in [2.05, 4.69) is 30.5 Å². The van der Waals surface area contributed by atoms with E-state index in [1.165, 1.54) is 6.07 Å². The molecular weight excluding hydrogens is 514 g/mol. The summed E-state index contributed by atoms with van der Waals surface area (Å²) in [5.74, 6) is -2.44. The molecular formula is C24H23N7O6S. The number of H-pyrrole nitrogens is 1. The number of hydrogen-bond donors (Lipinski definition) is 5. The zero-order valence-electron chi connectivity index (χ0n) is 20.1. The second kappa shape index (κ2) is 9.99. The lowest BCUT2D eigenvalue weighted by molar-refractivity contribution is 0.0701. The Morgan fingerprint density at radius 3 is 2.42 bits per heavy atom. The Morgan fingerprint density at radius 1 is 1.00 bits per heavy atom. The van der Waals surface area contributed by atoms with Gasteiger partial charge in [-0.15, -0.1) is 16.4 Å². The summed E-state index contributed by atoms with van der Waals surface area (Å²) in [5.41, 5.74) is 1.51. The molecule has 1 saturated heterocycles. The fourth-order valence-corrected chi connectivity index (χ4v) is 5.11. The van der Waals surface area contributed by atoms with E-state index in [1.807, 2.05) is 7.05 Å². The molecule has 0 saturated carbocycles. The van der Waals surface area contributed by atoms with Gasteiger partial charge in [-0.3, -0.25) is 9.59 Å². The van der Waals surface area contributed by atoms with Crippen LogP contribution in [0.5, 0.6) is 0 Å². The summed E-state index contributed by atoms with van der Waals surface area (Å²) in [6.45, 7) is 3.29. The van der Waals surface area contributed by atoms with Crippen LogP contribution in [0.25, 0.3) is 10.2 Å². The summed E-state index contributed by atoms with van der Waals surface area (Å²) in [4.78, 5) is 56.5. The number of aromatic nitrogens is 3. The summed E-state index contributed by atoms with van der Waals surface area (Å²) in [5, 5.41) is 28.3. The van der Waals surface area contributed by atoms with Crippen molar-refractivity contribution in [2.75, 3.05) is 48.8 Å². The first kappa shape index (κ1) is 25.0. The number of aromatic amines is 1. The highest BCUT2D eigenvalue weighted by Gasteiger charge is 2.24. The normalized spacial score (nSPS) is 14.0. The highest BCUT2D eigenvalue weighted by atomic mass is 32.1. The number of likely N-dealkylation sites (N-methyl/N-ethyl adjacent to an activating group) is 1. The Balaban J connectivity index is 1.49. The molecule has 0 spiro atoms. The molecule has 1 fully saturated rings. The van der Waals surface area contributed by atoms with Gasteiger partial charge in [-0.25, -0.2) is 9.59 Å². The molecule has 0 radical (unpaired) electrons. The van der Waals surface area contributed by atoms with Gasteiger partial charge in [-0.2, -0.15) is 4.68 Å². The molecule has 4 aromatic rings. The fourth-order valence-electron chi connectivity index (χ4n) is 4.17. The molecule has 196 valence electrons. The zero-order chi connectivity index (χ0) is 27.0. The van der Waals surface area contributed by atoms with Gasteiger partial charge < -0.3 is 35.6 Å². The number of benzene rings is 1. The first-order valence-electron chi connectivity index (χ1n) is 11.5. The van der Waals surface area contributed by atoms with Gasteiger partial charge in [-0.05, 0) is 43.4 Å². The van der Waals surface area contributed by atoms with Gasteiger partial charge in [0, 0.05) is 38.1 Å². The average Bonchev–Trinajstić information content (AvgIpc) is 3.63. The van der Waals surface area contributed by atoms with Crippen molar-refractivity contribution in [3.8, 4) is 0 Å². The van der Waals surface area contributed by atoms with Crippen LogP contribution in [-0.2, 0) is 0 Å². The lowest BCUT2D eigenvalue weighted by atomic mass is 10.1. The SMILES string of the molecule is CN1CCN(c2ccc(C(=O)Nc3nn(C(=O)O)c4sc(C(=O)O)cc34)c(NC(=O)c3ccc[nH]3)c2)CC1. The third kappa shape index (κ3) is 4.81. The summed E-state index contributed by atoms with van der Waals surface area (Å²) in [7, 11) is 2.04. The first-order valence-corrected chi connectivity index (χ1v) is 12.4. The van der Waals surface area contributed by atoms with E-state index in [0.29, 0.717) is 10.4 Å². The minimum Gasteiger partial charge on any atom is -0.477 e. The molecule has 3 aromatic heterocycles. The third-order valence-electron chi connectivity index (χ3n) is 6.19. The maximum absolute atomic E-state index is 13.4. The number of carbonyl (C=O) groups is 4. The van der Waals surface area contributed by atoms with E-state index in [4.69, 9.17) is 0 Å². The quantitative estimate of drug-likeness (QED) is 0.248. The number of anilines is 3. The molecule has 2 amide bonds. The van der Waals surface area contributed by atoms with Gasteiger partial charge in [-0.1, -0.05) is 0 Å². The molecule has 1 aliphatic rings. The summed E-state index contributed by atoms with van der Waals surface area (Å²) in [6.07, 6.45) is 0.184. The smallest absolute Gasteiger partial charge is 0.433 e. The second-order valence-electron chi connectivity index (χ2n) is 8.69. The van der Waals surface area contributed by atoms with Gasteiger partial charge >= 0.3 is 12.1 Å². The summed E-state index contributed by atoms with van der Waals surface area (Å²) < 4.78 is 0.618. The summed E-state index contributed by atoms with van der Waals surface area (Å²) >= 11 is 0.731. The Bertz CT molecular complexity index is 1550. The second-order valence-corrected chi connectivity index (χ2v) is 9.72. The molecule has 0 aliphatic carbocycles. The largest absolute Gasteiger partial charge is 0.477 e. The molecule has 1 aromatic carbocycles. The van der Waals surface area contributed by atoms with Crippen LogP contribution < -0.4 is 15.5 Å². The molecule has 5 rings (SSSR count). The standard InChI is InChI=1S/C24H23N7O6S/c1-29-7-9-30(10-8-29)13-4-5-14(17(11-13)26-21(33)16-3-2-6-25-16)20(32)27-19-15-12-18(23(34)35)38-22(15)31(28-19)24(36)37/h2-6,11-12,25H,7-10H2,1H3,(H,26,33)(H,34,35)(H,36,37)(H,27,28,32). The van der Waals surface area contributed by atoms with Crippen LogP contribution in [0.4, 0.5) is 22.0 Å². The van der Waals surface area contributed by atoms with Gasteiger partial charge in [0.15, 0.2) is 5.82 Å². The first-order chi connectivity index (χ1) is 18.2. The van der Waals surface area contributed by atoms with Crippen molar-refractivity contribution < 1.29 is 29.4 Å². The lowest BCUT2D eigenvalue weighted by Gasteiger charge is -2.34.